The number of nitrogens with zero attached hydrogens (tertiary/aromatic N) is 1. The number of sulfone groups is 1. The molecule has 1 heterocycles. The topological polar surface area (TPSA) is 95.6 Å². The number of carbonyl (C=O) groups is 2. The third kappa shape index (κ3) is 6.63. The van der Waals surface area contributed by atoms with E-state index < -0.39 is 9.84 Å². The zero-order valence-electron chi connectivity index (χ0n) is 20.3. The first-order chi connectivity index (χ1) is 16.8. The van der Waals surface area contributed by atoms with Crippen LogP contribution in [0.1, 0.15) is 60.0 Å². The van der Waals surface area contributed by atoms with Gasteiger partial charge in [-0.3, -0.25) is 9.59 Å². The monoisotopic (exact) mass is 497 g/mol. The van der Waals surface area contributed by atoms with E-state index in [1.807, 2.05) is 42.2 Å². The van der Waals surface area contributed by atoms with E-state index in [0.29, 0.717) is 24.2 Å². The normalized spacial score (nSPS) is 19.7. The summed E-state index contributed by atoms with van der Waals surface area (Å²) < 4.78 is 24.3. The highest BCUT2D eigenvalue weighted by Crippen LogP contribution is 2.28. The molecule has 7 nitrogen and oxygen atoms in total. The molecular weight excluding hydrogens is 462 g/mol. The van der Waals surface area contributed by atoms with Crippen LogP contribution in [-0.2, 0) is 21.2 Å². The quantitative estimate of drug-likeness (QED) is 0.580. The van der Waals surface area contributed by atoms with Crippen LogP contribution in [0.4, 0.5) is 5.69 Å². The number of benzene rings is 2. The van der Waals surface area contributed by atoms with E-state index in [1.54, 1.807) is 18.2 Å². The van der Waals surface area contributed by atoms with Gasteiger partial charge in [0, 0.05) is 24.3 Å². The molecule has 1 saturated carbocycles. The van der Waals surface area contributed by atoms with Crippen molar-refractivity contribution in [3.63, 3.8) is 0 Å². The lowest BCUT2D eigenvalue weighted by Gasteiger charge is -2.38. The number of anilines is 1. The average Bonchev–Trinajstić information content (AvgIpc) is 3.22. The molecule has 1 saturated heterocycles. The first-order valence-corrected chi connectivity index (χ1v) is 14.3. The molecule has 2 amide bonds. The summed E-state index contributed by atoms with van der Waals surface area (Å²) in [6.45, 7) is 2.46. The Morgan fingerprint density at radius 3 is 2.34 bits per heavy atom. The number of carbonyl (C=O) groups excluding carboxylic acids is 2. The molecule has 188 valence electrons. The largest absolute Gasteiger partial charge is 0.376 e. The summed E-state index contributed by atoms with van der Waals surface area (Å²) >= 11 is 0. The molecule has 2 aliphatic rings. The summed E-state index contributed by atoms with van der Waals surface area (Å²) in [6, 6.07) is 15.0. The van der Waals surface area contributed by atoms with Crippen molar-refractivity contribution < 1.29 is 18.0 Å². The number of hydrogen-bond donors (Lipinski definition) is 2. The molecule has 2 N–H and O–H groups in total. The van der Waals surface area contributed by atoms with Gasteiger partial charge in [0.15, 0.2) is 9.84 Å². The van der Waals surface area contributed by atoms with Crippen molar-refractivity contribution >= 4 is 27.3 Å². The van der Waals surface area contributed by atoms with Gasteiger partial charge in [0.05, 0.1) is 23.6 Å². The third-order valence-electron chi connectivity index (χ3n) is 7.03. The van der Waals surface area contributed by atoms with Gasteiger partial charge >= 0.3 is 0 Å². The van der Waals surface area contributed by atoms with Crippen molar-refractivity contribution in [3.8, 4) is 0 Å². The van der Waals surface area contributed by atoms with E-state index in [0.717, 1.165) is 43.2 Å². The van der Waals surface area contributed by atoms with Crippen molar-refractivity contribution in [2.45, 2.75) is 64.1 Å². The number of rotatable bonds is 8. The molecular formula is C27H35N3O4S. The maximum atomic E-state index is 13.4. The van der Waals surface area contributed by atoms with Crippen LogP contribution in [0.2, 0.25) is 0 Å². The van der Waals surface area contributed by atoms with Crippen LogP contribution in [0.25, 0.3) is 0 Å². The molecule has 1 aliphatic carbocycles. The lowest BCUT2D eigenvalue weighted by molar-refractivity contribution is -0.134. The van der Waals surface area contributed by atoms with Crippen molar-refractivity contribution in [2.24, 2.45) is 0 Å². The van der Waals surface area contributed by atoms with E-state index in [-0.39, 0.29) is 41.9 Å². The second-order valence-electron chi connectivity index (χ2n) is 9.72. The summed E-state index contributed by atoms with van der Waals surface area (Å²) in [7, 11) is -3.10. The fourth-order valence-electron chi connectivity index (χ4n) is 5.14. The Morgan fingerprint density at radius 1 is 0.943 bits per heavy atom. The maximum absolute atomic E-state index is 13.4. The summed E-state index contributed by atoms with van der Waals surface area (Å²) in [6.07, 6.45) is 5.62. The van der Waals surface area contributed by atoms with Crippen molar-refractivity contribution in [1.82, 2.24) is 10.2 Å². The lowest BCUT2D eigenvalue weighted by Crippen LogP contribution is -2.50. The minimum absolute atomic E-state index is 0.0231. The average molecular weight is 498 g/mol. The van der Waals surface area contributed by atoms with Gasteiger partial charge in [0.2, 0.25) is 5.91 Å². The summed E-state index contributed by atoms with van der Waals surface area (Å²) in [4.78, 5) is 28.1. The van der Waals surface area contributed by atoms with Crippen molar-refractivity contribution in [2.75, 3.05) is 23.4 Å². The molecule has 1 unspecified atom stereocenters. The van der Waals surface area contributed by atoms with Gasteiger partial charge < -0.3 is 15.5 Å². The van der Waals surface area contributed by atoms with Gasteiger partial charge in [0.1, 0.15) is 0 Å². The molecule has 0 bridgehead atoms. The Labute approximate surface area is 208 Å². The van der Waals surface area contributed by atoms with E-state index in [2.05, 4.69) is 10.6 Å². The van der Waals surface area contributed by atoms with Gasteiger partial charge in [-0.15, -0.1) is 0 Å². The third-order valence-corrected chi connectivity index (χ3v) is 8.78. The maximum Gasteiger partial charge on any atom is 0.253 e. The number of aryl methyl sites for hydroxylation is 1. The molecule has 1 aliphatic heterocycles. The molecule has 35 heavy (non-hydrogen) atoms. The molecule has 0 spiro atoms. The van der Waals surface area contributed by atoms with Crippen LogP contribution in [0.3, 0.4) is 0 Å². The van der Waals surface area contributed by atoms with E-state index >= 15 is 0 Å². The molecule has 2 aromatic rings. The minimum atomic E-state index is -3.10. The standard InChI is InChI=1S/C27H35N3O4S/c1-20-11-13-21(14-12-20)17-29-27(32)24-9-5-6-10-25(24)28-18-26(31)30(22-7-3-2-4-8-22)23-15-16-35(33,34)19-23/h5-6,9-14,22-23,28H,2-4,7-8,15-19H2,1H3,(H,29,32). The predicted octanol–water partition coefficient (Wildman–Crippen LogP) is 3.69. The van der Waals surface area contributed by atoms with Gasteiger partial charge in [-0.25, -0.2) is 8.42 Å². The Balaban J connectivity index is 1.42. The van der Waals surface area contributed by atoms with Crippen LogP contribution < -0.4 is 10.6 Å². The van der Waals surface area contributed by atoms with Crippen LogP contribution in [0, 0.1) is 6.92 Å². The molecule has 4 rings (SSSR count). The van der Waals surface area contributed by atoms with Gasteiger partial charge in [-0.1, -0.05) is 61.2 Å². The zero-order valence-corrected chi connectivity index (χ0v) is 21.1. The smallest absolute Gasteiger partial charge is 0.253 e. The Hall–Kier alpha value is -2.87. The first kappa shape index (κ1) is 25.2. The second kappa shape index (κ2) is 11.2. The van der Waals surface area contributed by atoms with Crippen molar-refractivity contribution in [1.29, 1.82) is 0 Å². The molecule has 2 fully saturated rings. The minimum Gasteiger partial charge on any atom is -0.376 e. The SMILES string of the molecule is Cc1ccc(CNC(=O)c2ccccc2NCC(=O)N(C2CCCCC2)C2CCS(=O)(=O)C2)cc1. The number of para-hydroxylation sites is 1. The van der Waals surface area contributed by atoms with Gasteiger partial charge in [-0.05, 0) is 43.9 Å². The summed E-state index contributed by atoms with van der Waals surface area (Å²) in [5.41, 5.74) is 3.24. The highest BCUT2D eigenvalue weighted by molar-refractivity contribution is 7.91. The first-order valence-electron chi connectivity index (χ1n) is 12.5. The van der Waals surface area contributed by atoms with Gasteiger partial charge in [0.25, 0.3) is 5.91 Å². The molecule has 0 aromatic heterocycles. The van der Waals surface area contributed by atoms with E-state index in [1.165, 1.54) is 0 Å². The molecule has 8 heteroatoms. The predicted molar refractivity (Wildman–Crippen MR) is 138 cm³/mol. The highest BCUT2D eigenvalue weighted by atomic mass is 32.2. The van der Waals surface area contributed by atoms with E-state index in [4.69, 9.17) is 0 Å². The number of amides is 2. The van der Waals surface area contributed by atoms with Crippen LogP contribution in [0.5, 0.6) is 0 Å². The molecule has 1 atom stereocenters. The molecule has 2 aromatic carbocycles. The second-order valence-corrected chi connectivity index (χ2v) is 11.9. The Morgan fingerprint density at radius 2 is 1.66 bits per heavy atom. The Bertz CT molecular complexity index is 1140. The fourth-order valence-corrected chi connectivity index (χ4v) is 6.85. The number of nitrogens with one attached hydrogen (secondary N) is 2. The molecule has 0 radical (unpaired) electrons. The number of hydrogen-bond acceptors (Lipinski definition) is 5. The van der Waals surface area contributed by atoms with Crippen LogP contribution in [-0.4, -0.2) is 55.3 Å². The van der Waals surface area contributed by atoms with Gasteiger partial charge in [-0.2, -0.15) is 0 Å². The Kier molecular flexibility index (Phi) is 8.11. The summed E-state index contributed by atoms with van der Waals surface area (Å²) in [5, 5.41) is 6.11. The highest BCUT2D eigenvalue weighted by Gasteiger charge is 2.38. The lowest BCUT2D eigenvalue weighted by atomic mass is 9.93. The van der Waals surface area contributed by atoms with Crippen LogP contribution in [0.15, 0.2) is 48.5 Å². The summed E-state index contributed by atoms with van der Waals surface area (Å²) in [5.74, 6) is -0.125. The van der Waals surface area contributed by atoms with Crippen LogP contribution >= 0.6 is 0 Å². The van der Waals surface area contributed by atoms with E-state index in [9.17, 15) is 18.0 Å². The zero-order chi connectivity index (χ0) is 24.8. The fraction of sp³-hybridized carbons (Fsp3) is 0.481. The van der Waals surface area contributed by atoms with Crippen molar-refractivity contribution in [3.05, 3.63) is 65.2 Å².